The first-order valence-corrected chi connectivity index (χ1v) is 5.32. The van der Waals surface area contributed by atoms with Crippen molar-refractivity contribution in [2.45, 2.75) is 19.3 Å². The van der Waals surface area contributed by atoms with Gasteiger partial charge in [0.15, 0.2) is 6.29 Å². The molecule has 16 heavy (non-hydrogen) atoms. The van der Waals surface area contributed by atoms with Gasteiger partial charge in [-0.1, -0.05) is 0 Å². The second kappa shape index (κ2) is 4.34. The average Bonchev–Trinajstić information content (AvgIpc) is 2.30. The molecule has 1 aliphatic rings. The van der Waals surface area contributed by atoms with E-state index < -0.39 is 5.56 Å². The normalized spacial score (nSPS) is 16.1. The first kappa shape index (κ1) is 10.7. The maximum Gasteiger partial charge on any atom is 0.265 e. The number of hydrogen-bond donors (Lipinski definition) is 2. The summed E-state index contributed by atoms with van der Waals surface area (Å²) in [7, 11) is 0. The van der Waals surface area contributed by atoms with Crippen molar-refractivity contribution >= 4 is 18.1 Å². The summed E-state index contributed by atoms with van der Waals surface area (Å²) in [6.07, 6.45) is 3.79. The standard InChI is InChI=1S/C10H14N4O2/c11-8-7(6-15)9(16)13-10(12-8)14-4-2-1-3-5-14/h6H,1-5H2,(H3,11,12,13,16). The first-order chi connectivity index (χ1) is 7.72. The number of piperidine rings is 1. The van der Waals surface area contributed by atoms with E-state index in [1.54, 1.807) is 0 Å². The summed E-state index contributed by atoms with van der Waals surface area (Å²) in [4.78, 5) is 30.7. The second-order valence-corrected chi connectivity index (χ2v) is 3.85. The van der Waals surface area contributed by atoms with Crippen molar-refractivity contribution in [2.24, 2.45) is 0 Å². The first-order valence-electron chi connectivity index (χ1n) is 5.32. The zero-order valence-corrected chi connectivity index (χ0v) is 8.90. The molecule has 1 aromatic heterocycles. The summed E-state index contributed by atoms with van der Waals surface area (Å²) in [5.74, 6) is 0.465. The van der Waals surface area contributed by atoms with Crippen LogP contribution < -0.4 is 16.2 Å². The van der Waals surface area contributed by atoms with Gasteiger partial charge in [-0.05, 0) is 19.3 Å². The minimum Gasteiger partial charge on any atom is -0.383 e. The Kier molecular flexibility index (Phi) is 2.89. The van der Waals surface area contributed by atoms with Crippen molar-refractivity contribution in [3.8, 4) is 0 Å². The molecule has 1 aromatic rings. The number of aromatic amines is 1. The number of H-pyrrole nitrogens is 1. The zero-order valence-electron chi connectivity index (χ0n) is 8.90. The zero-order chi connectivity index (χ0) is 11.5. The van der Waals surface area contributed by atoms with E-state index in [2.05, 4.69) is 9.97 Å². The number of rotatable bonds is 2. The van der Waals surface area contributed by atoms with Gasteiger partial charge in [0, 0.05) is 13.1 Å². The quantitative estimate of drug-likeness (QED) is 0.695. The van der Waals surface area contributed by atoms with Crippen LogP contribution in [0.4, 0.5) is 11.8 Å². The Morgan fingerprint density at radius 1 is 1.31 bits per heavy atom. The SMILES string of the molecule is Nc1nc(N2CCCCC2)[nH]c(=O)c1C=O. The van der Waals surface area contributed by atoms with Crippen molar-refractivity contribution in [2.75, 3.05) is 23.7 Å². The highest BCUT2D eigenvalue weighted by Gasteiger charge is 2.15. The average molecular weight is 222 g/mol. The van der Waals surface area contributed by atoms with E-state index in [-0.39, 0.29) is 11.4 Å². The Bertz CT molecular complexity index is 449. The summed E-state index contributed by atoms with van der Waals surface area (Å²) in [6, 6.07) is 0. The predicted octanol–water partition coefficient (Wildman–Crippen LogP) is 0.155. The number of nitrogen functional groups attached to an aromatic ring is 1. The van der Waals surface area contributed by atoms with Gasteiger partial charge in [0.05, 0.1) is 0 Å². The van der Waals surface area contributed by atoms with Gasteiger partial charge in [0.1, 0.15) is 11.4 Å². The lowest BCUT2D eigenvalue weighted by Gasteiger charge is -2.27. The number of aldehydes is 1. The third kappa shape index (κ3) is 1.91. The lowest BCUT2D eigenvalue weighted by atomic mass is 10.1. The molecule has 0 bridgehead atoms. The largest absolute Gasteiger partial charge is 0.383 e. The molecule has 0 amide bonds. The monoisotopic (exact) mass is 222 g/mol. The van der Waals surface area contributed by atoms with Crippen LogP contribution in [0.25, 0.3) is 0 Å². The lowest BCUT2D eigenvalue weighted by Crippen LogP contribution is -2.33. The highest BCUT2D eigenvalue weighted by Crippen LogP contribution is 2.15. The third-order valence-electron chi connectivity index (χ3n) is 2.75. The van der Waals surface area contributed by atoms with Crippen LogP contribution in [-0.4, -0.2) is 29.3 Å². The van der Waals surface area contributed by atoms with Gasteiger partial charge in [0.25, 0.3) is 5.56 Å². The summed E-state index contributed by atoms with van der Waals surface area (Å²) >= 11 is 0. The molecule has 6 nitrogen and oxygen atoms in total. The minimum absolute atomic E-state index is 0.000626. The van der Waals surface area contributed by atoms with Gasteiger partial charge < -0.3 is 10.6 Å². The molecule has 86 valence electrons. The Morgan fingerprint density at radius 3 is 2.56 bits per heavy atom. The Balaban J connectivity index is 2.35. The number of aromatic nitrogens is 2. The van der Waals surface area contributed by atoms with Crippen LogP contribution in [0.5, 0.6) is 0 Å². The maximum atomic E-state index is 11.5. The van der Waals surface area contributed by atoms with E-state index in [1.807, 2.05) is 4.90 Å². The minimum atomic E-state index is -0.469. The van der Waals surface area contributed by atoms with E-state index in [1.165, 1.54) is 6.42 Å². The summed E-state index contributed by atoms with van der Waals surface area (Å²) in [5.41, 5.74) is 4.98. The van der Waals surface area contributed by atoms with Crippen molar-refractivity contribution in [1.82, 2.24) is 9.97 Å². The van der Waals surface area contributed by atoms with Gasteiger partial charge in [-0.3, -0.25) is 14.6 Å². The van der Waals surface area contributed by atoms with E-state index in [0.717, 1.165) is 25.9 Å². The fourth-order valence-electron chi connectivity index (χ4n) is 1.86. The van der Waals surface area contributed by atoms with Crippen LogP contribution in [0.15, 0.2) is 4.79 Å². The Morgan fingerprint density at radius 2 is 2.00 bits per heavy atom. The van der Waals surface area contributed by atoms with E-state index >= 15 is 0 Å². The van der Waals surface area contributed by atoms with Gasteiger partial charge in [-0.2, -0.15) is 4.98 Å². The fourth-order valence-corrected chi connectivity index (χ4v) is 1.86. The second-order valence-electron chi connectivity index (χ2n) is 3.85. The smallest absolute Gasteiger partial charge is 0.265 e. The molecule has 0 saturated carbocycles. The predicted molar refractivity (Wildman–Crippen MR) is 60.7 cm³/mol. The summed E-state index contributed by atoms with van der Waals surface area (Å²) in [5, 5.41) is 0. The molecule has 0 spiro atoms. The number of nitrogens with two attached hydrogens (primary N) is 1. The molecule has 6 heteroatoms. The molecule has 0 atom stereocenters. The van der Waals surface area contributed by atoms with Crippen LogP contribution in [0.3, 0.4) is 0 Å². The molecule has 0 aliphatic carbocycles. The molecular formula is C10H14N4O2. The van der Waals surface area contributed by atoms with Crippen molar-refractivity contribution in [3.63, 3.8) is 0 Å². The number of nitrogens with zero attached hydrogens (tertiary/aromatic N) is 2. The molecule has 2 rings (SSSR count). The topological polar surface area (TPSA) is 92.1 Å². The van der Waals surface area contributed by atoms with Crippen LogP contribution in [0.2, 0.25) is 0 Å². The van der Waals surface area contributed by atoms with Crippen molar-refractivity contribution in [1.29, 1.82) is 0 Å². The molecule has 0 radical (unpaired) electrons. The molecule has 3 N–H and O–H groups in total. The van der Waals surface area contributed by atoms with Gasteiger partial charge >= 0.3 is 0 Å². The van der Waals surface area contributed by atoms with Crippen LogP contribution in [0.1, 0.15) is 29.6 Å². The van der Waals surface area contributed by atoms with E-state index in [9.17, 15) is 9.59 Å². The molecule has 1 fully saturated rings. The van der Waals surface area contributed by atoms with E-state index in [4.69, 9.17) is 5.73 Å². The molecule has 0 aromatic carbocycles. The number of carbonyl (C=O) groups is 1. The van der Waals surface area contributed by atoms with Crippen molar-refractivity contribution in [3.05, 3.63) is 15.9 Å². The van der Waals surface area contributed by atoms with Crippen LogP contribution in [0, 0.1) is 0 Å². The summed E-state index contributed by atoms with van der Waals surface area (Å²) in [6.45, 7) is 1.73. The van der Waals surface area contributed by atoms with Crippen molar-refractivity contribution < 1.29 is 4.79 Å². The third-order valence-corrected chi connectivity index (χ3v) is 2.75. The number of nitrogens with one attached hydrogen (secondary N) is 1. The molecular weight excluding hydrogens is 208 g/mol. The summed E-state index contributed by atoms with van der Waals surface area (Å²) < 4.78 is 0. The number of anilines is 2. The number of hydrogen-bond acceptors (Lipinski definition) is 5. The molecule has 1 saturated heterocycles. The van der Waals surface area contributed by atoms with Gasteiger partial charge in [0.2, 0.25) is 5.95 Å². The fraction of sp³-hybridized carbons (Fsp3) is 0.500. The van der Waals surface area contributed by atoms with Crippen LogP contribution in [-0.2, 0) is 0 Å². The van der Waals surface area contributed by atoms with Gasteiger partial charge in [-0.25, -0.2) is 0 Å². The van der Waals surface area contributed by atoms with Gasteiger partial charge in [-0.15, -0.1) is 0 Å². The highest BCUT2D eigenvalue weighted by molar-refractivity contribution is 5.81. The van der Waals surface area contributed by atoms with E-state index in [0.29, 0.717) is 12.2 Å². The molecule has 2 heterocycles. The number of carbonyl (C=O) groups excluding carboxylic acids is 1. The lowest BCUT2D eigenvalue weighted by molar-refractivity contribution is 0.112. The Labute approximate surface area is 92.5 Å². The highest BCUT2D eigenvalue weighted by atomic mass is 16.1. The van der Waals surface area contributed by atoms with Crippen LogP contribution >= 0.6 is 0 Å². The Hall–Kier alpha value is -1.85. The molecule has 1 aliphatic heterocycles. The molecule has 0 unspecified atom stereocenters. The maximum absolute atomic E-state index is 11.5.